The summed E-state index contributed by atoms with van der Waals surface area (Å²) in [6.07, 6.45) is 7.03. The molecule has 0 radical (unpaired) electrons. The normalized spacial score (nSPS) is 14.4. The van der Waals surface area contributed by atoms with E-state index in [1.807, 2.05) is 6.07 Å². The molecule has 0 aliphatic heterocycles. The molecule has 0 atom stereocenters. The van der Waals surface area contributed by atoms with Crippen LogP contribution in [0.1, 0.15) is 56.9 Å². The van der Waals surface area contributed by atoms with Crippen molar-refractivity contribution in [3.05, 3.63) is 29.8 Å². The maximum absolute atomic E-state index is 12.0. The molecule has 0 aromatic heterocycles. The Balaban J connectivity index is 1.62. The summed E-state index contributed by atoms with van der Waals surface area (Å²) in [5, 5.41) is 17.3. The maximum Gasteiger partial charge on any atom is 0.315 e. The van der Waals surface area contributed by atoms with Gasteiger partial charge in [-0.1, -0.05) is 31.4 Å². The number of carboxylic acids is 1. The van der Waals surface area contributed by atoms with Crippen molar-refractivity contribution in [3.8, 4) is 0 Å². The number of nitrogens with one attached hydrogen (secondary N) is 3. The second kappa shape index (κ2) is 11.2. The average molecular weight is 375 g/mol. The molecule has 1 aromatic carbocycles. The highest BCUT2D eigenvalue weighted by atomic mass is 16.4. The van der Waals surface area contributed by atoms with Crippen LogP contribution in [0.5, 0.6) is 0 Å². The summed E-state index contributed by atoms with van der Waals surface area (Å²) in [4.78, 5) is 34.5. The zero-order chi connectivity index (χ0) is 19.5. The second-order valence-electron chi connectivity index (χ2n) is 6.98. The molecule has 0 bridgehead atoms. The first-order chi connectivity index (χ1) is 13.0. The van der Waals surface area contributed by atoms with Gasteiger partial charge in [0, 0.05) is 31.1 Å². The molecule has 0 spiro atoms. The van der Waals surface area contributed by atoms with Crippen molar-refractivity contribution in [2.24, 2.45) is 0 Å². The molecular weight excluding hydrogens is 346 g/mol. The molecule has 1 fully saturated rings. The molecule has 148 valence electrons. The van der Waals surface area contributed by atoms with Crippen molar-refractivity contribution in [3.63, 3.8) is 0 Å². The van der Waals surface area contributed by atoms with E-state index in [-0.39, 0.29) is 24.4 Å². The quantitative estimate of drug-likeness (QED) is 0.498. The van der Waals surface area contributed by atoms with Crippen LogP contribution in [0.3, 0.4) is 0 Å². The first-order valence-corrected chi connectivity index (χ1v) is 9.68. The molecule has 0 heterocycles. The first-order valence-electron chi connectivity index (χ1n) is 9.68. The molecule has 7 nitrogen and oxygen atoms in total. The van der Waals surface area contributed by atoms with Gasteiger partial charge in [-0.05, 0) is 43.4 Å². The summed E-state index contributed by atoms with van der Waals surface area (Å²) in [5.74, 6) is -0.968. The van der Waals surface area contributed by atoms with Gasteiger partial charge in [0.1, 0.15) is 0 Å². The lowest BCUT2D eigenvalue weighted by molar-refractivity contribution is -0.137. The van der Waals surface area contributed by atoms with Crippen molar-refractivity contribution in [2.45, 2.75) is 63.8 Å². The van der Waals surface area contributed by atoms with Crippen molar-refractivity contribution in [1.82, 2.24) is 10.6 Å². The van der Waals surface area contributed by atoms with E-state index in [9.17, 15) is 14.4 Å². The van der Waals surface area contributed by atoms with E-state index in [4.69, 9.17) is 5.11 Å². The number of carboxylic acid groups (broad SMARTS) is 1. The summed E-state index contributed by atoms with van der Waals surface area (Å²) in [6, 6.07) is 7.32. The van der Waals surface area contributed by atoms with Gasteiger partial charge in [-0.3, -0.25) is 9.59 Å². The molecule has 2 rings (SSSR count). The van der Waals surface area contributed by atoms with Crippen LogP contribution in [0.4, 0.5) is 10.5 Å². The molecule has 1 aliphatic carbocycles. The van der Waals surface area contributed by atoms with Crippen molar-refractivity contribution in [2.75, 3.05) is 11.9 Å². The Morgan fingerprint density at radius 3 is 2.59 bits per heavy atom. The Kier molecular flexibility index (Phi) is 8.61. The molecule has 3 amide bonds. The minimum atomic E-state index is -0.843. The minimum absolute atomic E-state index is 0.0615. The molecule has 1 aliphatic rings. The minimum Gasteiger partial charge on any atom is -0.481 e. The third kappa shape index (κ3) is 8.57. The third-order valence-electron chi connectivity index (χ3n) is 4.64. The number of anilines is 1. The monoisotopic (exact) mass is 375 g/mol. The van der Waals surface area contributed by atoms with Crippen LogP contribution in [-0.2, 0) is 16.0 Å². The number of aliphatic carboxylic acids is 1. The van der Waals surface area contributed by atoms with Gasteiger partial charge in [-0.15, -0.1) is 0 Å². The summed E-state index contributed by atoms with van der Waals surface area (Å²) < 4.78 is 0. The highest BCUT2D eigenvalue weighted by Crippen LogP contribution is 2.17. The number of urea groups is 1. The highest BCUT2D eigenvalue weighted by Gasteiger charge is 2.15. The third-order valence-corrected chi connectivity index (χ3v) is 4.64. The fourth-order valence-electron chi connectivity index (χ4n) is 3.21. The Hall–Kier alpha value is -2.57. The van der Waals surface area contributed by atoms with Gasteiger partial charge < -0.3 is 21.1 Å². The van der Waals surface area contributed by atoms with E-state index in [1.165, 1.54) is 19.3 Å². The fourth-order valence-corrected chi connectivity index (χ4v) is 3.21. The molecular formula is C20H29N3O4. The maximum atomic E-state index is 12.0. The number of hydrogen-bond donors (Lipinski definition) is 4. The summed E-state index contributed by atoms with van der Waals surface area (Å²) in [7, 11) is 0. The van der Waals surface area contributed by atoms with Gasteiger partial charge in [0.05, 0.1) is 0 Å². The number of carbonyl (C=O) groups excluding carboxylic acids is 2. The zero-order valence-electron chi connectivity index (χ0n) is 15.6. The van der Waals surface area contributed by atoms with Gasteiger partial charge in [0.2, 0.25) is 5.91 Å². The van der Waals surface area contributed by atoms with E-state index in [0.717, 1.165) is 18.4 Å². The molecule has 0 unspecified atom stereocenters. The first kappa shape index (κ1) is 20.7. The predicted octanol–water partition coefficient (Wildman–Crippen LogP) is 3.05. The lowest BCUT2D eigenvalue weighted by Crippen LogP contribution is -2.43. The fraction of sp³-hybridized carbons (Fsp3) is 0.550. The summed E-state index contributed by atoms with van der Waals surface area (Å²) in [6.45, 7) is 0.449. The van der Waals surface area contributed by atoms with Gasteiger partial charge >= 0.3 is 12.0 Å². The van der Waals surface area contributed by atoms with Crippen molar-refractivity contribution < 1.29 is 19.5 Å². The Labute approximate surface area is 159 Å². The van der Waals surface area contributed by atoms with E-state index >= 15 is 0 Å². The molecule has 27 heavy (non-hydrogen) atoms. The number of carbonyl (C=O) groups is 3. The second-order valence-corrected chi connectivity index (χ2v) is 6.98. The van der Waals surface area contributed by atoms with E-state index in [2.05, 4.69) is 16.0 Å². The number of rotatable bonds is 9. The summed E-state index contributed by atoms with van der Waals surface area (Å²) >= 11 is 0. The smallest absolute Gasteiger partial charge is 0.315 e. The largest absolute Gasteiger partial charge is 0.481 e. The lowest BCUT2D eigenvalue weighted by atomic mass is 9.96. The molecule has 1 aromatic rings. The number of benzene rings is 1. The van der Waals surface area contributed by atoms with Gasteiger partial charge in [-0.25, -0.2) is 4.79 Å². The van der Waals surface area contributed by atoms with Gasteiger partial charge in [0.25, 0.3) is 0 Å². The molecule has 1 saturated carbocycles. The van der Waals surface area contributed by atoms with Crippen LogP contribution in [0, 0.1) is 0 Å². The van der Waals surface area contributed by atoms with Crippen molar-refractivity contribution >= 4 is 23.6 Å². The van der Waals surface area contributed by atoms with Crippen molar-refractivity contribution in [1.29, 1.82) is 0 Å². The lowest BCUT2D eigenvalue weighted by Gasteiger charge is -2.22. The van der Waals surface area contributed by atoms with Crippen LogP contribution in [0.2, 0.25) is 0 Å². The molecule has 7 heteroatoms. The van der Waals surface area contributed by atoms with E-state index < -0.39 is 5.97 Å². The number of hydrogen-bond acceptors (Lipinski definition) is 3. The standard InChI is InChI=1S/C20H29N3O4/c24-18(22-17-9-4-6-15(14-17)11-12-19(25)26)10-5-13-21-20(27)23-16-7-2-1-3-8-16/h4,6,9,14,16H,1-3,5,7-8,10-13H2,(H,22,24)(H,25,26)(H2,21,23,27). The number of amides is 3. The highest BCUT2D eigenvalue weighted by molar-refractivity contribution is 5.90. The topological polar surface area (TPSA) is 108 Å². The SMILES string of the molecule is O=C(O)CCc1cccc(NC(=O)CCCNC(=O)NC2CCCCC2)c1. The van der Waals surface area contributed by atoms with Gasteiger partial charge in [-0.2, -0.15) is 0 Å². The average Bonchev–Trinajstić information content (AvgIpc) is 2.65. The predicted molar refractivity (Wildman–Crippen MR) is 104 cm³/mol. The zero-order valence-corrected chi connectivity index (χ0v) is 15.6. The van der Waals surface area contributed by atoms with Crippen LogP contribution in [0.15, 0.2) is 24.3 Å². The summed E-state index contributed by atoms with van der Waals surface area (Å²) in [5.41, 5.74) is 1.53. The molecule has 0 saturated heterocycles. The van der Waals surface area contributed by atoms with Crippen LogP contribution in [0.25, 0.3) is 0 Å². The van der Waals surface area contributed by atoms with Crippen LogP contribution in [-0.4, -0.2) is 35.6 Å². The van der Waals surface area contributed by atoms with Gasteiger partial charge in [0.15, 0.2) is 0 Å². The Morgan fingerprint density at radius 2 is 1.85 bits per heavy atom. The Bertz CT molecular complexity index is 642. The van der Waals surface area contributed by atoms with E-state index in [0.29, 0.717) is 31.5 Å². The van der Waals surface area contributed by atoms with E-state index in [1.54, 1.807) is 18.2 Å². The number of aryl methyl sites for hydroxylation is 1. The Morgan fingerprint density at radius 1 is 1.07 bits per heavy atom. The molecule has 4 N–H and O–H groups in total. The van der Waals surface area contributed by atoms with Crippen LogP contribution < -0.4 is 16.0 Å². The van der Waals surface area contributed by atoms with Crippen LogP contribution >= 0.6 is 0 Å².